The van der Waals surface area contributed by atoms with Crippen LogP contribution in [0.5, 0.6) is 5.75 Å². The zero-order valence-electron chi connectivity index (χ0n) is 44.2. The summed E-state index contributed by atoms with van der Waals surface area (Å²) in [5.74, 6) is -1.49. The summed E-state index contributed by atoms with van der Waals surface area (Å²) in [6, 6.07) is 15.3. The van der Waals surface area contributed by atoms with E-state index in [1.807, 2.05) is 58.0 Å². The number of ether oxygens (including phenoxy) is 1. The van der Waals surface area contributed by atoms with Crippen molar-refractivity contribution in [3.8, 4) is 22.9 Å². The quantitative estimate of drug-likeness (QED) is 0.0521. The Kier molecular flexibility index (Phi) is 19.7. The summed E-state index contributed by atoms with van der Waals surface area (Å²) in [4.78, 5) is 75.6. The lowest BCUT2D eigenvalue weighted by atomic mass is 9.85. The number of aromatic nitrogens is 3. The molecule has 6 rings (SSSR count). The molecule has 74 heavy (non-hydrogen) atoms. The van der Waals surface area contributed by atoms with Crippen LogP contribution in [-0.4, -0.2) is 112 Å². The second kappa shape index (κ2) is 25.8. The van der Waals surface area contributed by atoms with Crippen LogP contribution >= 0.6 is 0 Å². The third kappa shape index (κ3) is 14.2. The predicted octanol–water partition coefficient (Wildman–Crippen LogP) is 6.08. The molecule has 0 spiro atoms. The summed E-state index contributed by atoms with van der Waals surface area (Å²) in [5.41, 5.74) is 8.79. The van der Waals surface area contributed by atoms with E-state index in [0.717, 1.165) is 44.1 Å². The van der Waals surface area contributed by atoms with Gasteiger partial charge >= 0.3 is 0 Å². The van der Waals surface area contributed by atoms with Crippen LogP contribution in [0.1, 0.15) is 144 Å². The van der Waals surface area contributed by atoms with Crippen LogP contribution in [0.2, 0.25) is 0 Å². The zero-order valence-corrected chi connectivity index (χ0v) is 44.2. The third-order valence-electron chi connectivity index (χ3n) is 14.0. The molecule has 0 aliphatic carbocycles. The highest BCUT2D eigenvalue weighted by Gasteiger charge is 2.45. The van der Waals surface area contributed by atoms with Crippen molar-refractivity contribution in [2.75, 3.05) is 39.5 Å². The van der Waals surface area contributed by atoms with E-state index < -0.39 is 35.5 Å². The summed E-state index contributed by atoms with van der Waals surface area (Å²) in [7, 11) is 3.30. The molecule has 1 fully saturated rings. The van der Waals surface area contributed by atoms with Gasteiger partial charge in [0.2, 0.25) is 23.6 Å². The van der Waals surface area contributed by atoms with Gasteiger partial charge in [-0.1, -0.05) is 83.7 Å². The Morgan fingerprint density at radius 2 is 1.72 bits per heavy atom. The highest BCUT2D eigenvalue weighted by molar-refractivity contribution is 5.96. The summed E-state index contributed by atoms with van der Waals surface area (Å²) in [6.07, 6.45) is 7.67. The van der Waals surface area contributed by atoms with E-state index in [2.05, 4.69) is 37.6 Å². The number of amides is 5. The van der Waals surface area contributed by atoms with E-state index in [1.54, 1.807) is 38.9 Å². The number of hydrogen-bond acceptors (Lipinski definition) is 12. The van der Waals surface area contributed by atoms with Crippen LogP contribution in [0.25, 0.3) is 11.1 Å². The van der Waals surface area contributed by atoms with Crippen LogP contribution in [0.3, 0.4) is 0 Å². The van der Waals surface area contributed by atoms with Gasteiger partial charge in [0.1, 0.15) is 35.8 Å². The molecule has 18 nitrogen and oxygen atoms in total. The van der Waals surface area contributed by atoms with E-state index >= 15 is 0 Å². The Labute approximate surface area is 434 Å². The van der Waals surface area contributed by atoms with Gasteiger partial charge in [-0.25, -0.2) is 9.37 Å². The van der Waals surface area contributed by atoms with Gasteiger partial charge in [-0.2, -0.15) is 10.4 Å². The average Bonchev–Trinajstić information content (AvgIpc) is 3.97. The number of likely N-dealkylation sites (N-methyl/N-ethyl adjacent to an activating group) is 1. The van der Waals surface area contributed by atoms with Crippen LogP contribution in [-0.2, 0) is 32.3 Å². The van der Waals surface area contributed by atoms with Crippen molar-refractivity contribution in [3.05, 3.63) is 94.7 Å². The average molecular weight is 1020 g/mol. The highest BCUT2D eigenvalue weighted by atomic mass is 19.1. The maximum atomic E-state index is 14.4. The summed E-state index contributed by atoms with van der Waals surface area (Å²) >= 11 is 0. The number of benzene rings is 2. The van der Waals surface area contributed by atoms with Crippen molar-refractivity contribution in [3.63, 3.8) is 0 Å². The van der Waals surface area contributed by atoms with Gasteiger partial charge in [0.05, 0.1) is 30.9 Å². The first-order valence-electron chi connectivity index (χ1n) is 26.0. The minimum Gasteiger partial charge on any atom is -0.482 e. The third-order valence-corrected chi connectivity index (χ3v) is 14.0. The number of nitrogens with one attached hydrogen (secondary N) is 5. The molecule has 7 N–H and O–H groups in total. The fraction of sp³-hybridized carbons (Fsp3) is 0.527. The van der Waals surface area contributed by atoms with E-state index in [-0.39, 0.29) is 84.1 Å². The fourth-order valence-electron chi connectivity index (χ4n) is 9.58. The monoisotopic (exact) mass is 1020 g/mol. The molecule has 6 atom stereocenters. The molecule has 1 saturated heterocycles. The molecular weight excluding hydrogens is 944 g/mol. The number of nitriles is 1. The molecule has 398 valence electrons. The number of halogens is 1. The molecule has 4 aromatic rings. The van der Waals surface area contributed by atoms with Gasteiger partial charge in [0, 0.05) is 61.1 Å². The van der Waals surface area contributed by atoms with Crippen molar-refractivity contribution in [2.24, 2.45) is 5.41 Å². The molecule has 2 aromatic heterocycles. The maximum absolute atomic E-state index is 14.4. The van der Waals surface area contributed by atoms with Crippen molar-refractivity contribution >= 4 is 35.4 Å². The number of hydrogen-bond donors (Lipinski definition) is 6. The molecular formula is C55H75FN12O6. The van der Waals surface area contributed by atoms with Crippen LogP contribution in [0.15, 0.2) is 60.8 Å². The Balaban J connectivity index is 0.969. The minimum absolute atomic E-state index is 0.0281. The second-order valence-corrected chi connectivity index (χ2v) is 20.6. The van der Waals surface area contributed by atoms with Crippen molar-refractivity contribution < 1.29 is 33.1 Å². The lowest BCUT2D eigenvalue weighted by Gasteiger charge is -2.36. The van der Waals surface area contributed by atoms with E-state index in [1.165, 1.54) is 34.0 Å². The van der Waals surface area contributed by atoms with Gasteiger partial charge in [0.15, 0.2) is 11.6 Å². The molecule has 4 heterocycles. The molecule has 5 amide bonds. The zero-order chi connectivity index (χ0) is 53.7. The van der Waals surface area contributed by atoms with Crippen LogP contribution in [0, 0.1) is 22.6 Å². The summed E-state index contributed by atoms with van der Waals surface area (Å²) in [6.45, 7) is 12.7. The number of likely N-dealkylation sites (tertiary alicyclic amines) is 1. The number of anilines is 1. The first kappa shape index (κ1) is 56.4. The predicted molar refractivity (Wildman–Crippen MR) is 281 cm³/mol. The maximum Gasteiger partial charge on any atom is 0.254 e. The normalized spacial score (nSPS) is 17.8. The van der Waals surface area contributed by atoms with Gasteiger partial charge < -0.3 is 46.9 Å². The number of nitrogen functional groups attached to an aromatic ring is 1. The SMILES string of the molecule is CC[C@@H](NC(=O)[C@@H]1C[C@H](NCCCCCCCCC(=O)NCCn2nc3c(c2C#N)-c2cnc(N)c(c2)O[C@H](C)c2cc(F)ccc2C(=O)N(C)C3)CN1C(=O)C(NC(=O)[C@H](C)NC)C(C)(C)C)c1ccccc1. The Bertz CT molecular complexity index is 2650. The van der Waals surface area contributed by atoms with Gasteiger partial charge in [-0.3, -0.25) is 28.7 Å². The Hall–Kier alpha value is -6.91. The Morgan fingerprint density at radius 3 is 2.41 bits per heavy atom. The molecule has 2 bridgehead atoms. The number of nitrogens with two attached hydrogens (primary N) is 1. The first-order chi connectivity index (χ1) is 35.3. The van der Waals surface area contributed by atoms with E-state index in [9.17, 15) is 33.6 Å². The minimum atomic E-state index is -0.838. The van der Waals surface area contributed by atoms with Crippen molar-refractivity contribution in [1.29, 1.82) is 5.26 Å². The van der Waals surface area contributed by atoms with Gasteiger partial charge in [-0.05, 0) is 88.4 Å². The molecule has 19 heteroatoms. The Morgan fingerprint density at radius 1 is 1.00 bits per heavy atom. The molecule has 2 aliphatic rings. The number of pyridine rings is 1. The van der Waals surface area contributed by atoms with Crippen molar-refractivity contribution in [2.45, 2.75) is 149 Å². The smallest absolute Gasteiger partial charge is 0.254 e. The van der Waals surface area contributed by atoms with Gasteiger partial charge in [0.25, 0.3) is 5.91 Å². The fourth-order valence-corrected chi connectivity index (χ4v) is 9.58. The lowest BCUT2D eigenvalue weighted by Crippen LogP contribution is -2.59. The number of carbonyl (C=O) groups is 5. The molecule has 2 aromatic carbocycles. The first-order valence-corrected chi connectivity index (χ1v) is 26.0. The number of rotatable bonds is 21. The lowest BCUT2D eigenvalue weighted by molar-refractivity contribution is -0.144. The summed E-state index contributed by atoms with van der Waals surface area (Å²) < 4.78 is 22.1. The number of fused-ring (bicyclic) bond motifs is 5. The highest BCUT2D eigenvalue weighted by Crippen LogP contribution is 2.36. The molecule has 0 radical (unpaired) electrons. The van der Waals surface area contributed by atoms with Crippen molar-refractivity contribution in [1.82, 2.24) is 51.1 Å². The molecule has 1 unspecified atom stereocenters. The number of nitrogens with zero attached hydrogens (tertiary/aromatic N) is 6. The standard InChI is InChI=1S/C55H75FN12O6/c1-9-42(36-19-15-14-16-20-36)63-52(71)44-29-39(32-67(44)54(73)49(55(4,5)6)64-51(70)34(2)59-7)60-24-18-13-11-10-12-17-21-47(69)61-25-26-68-45(30-57)48-37-27-46(50(58)62-31-37)74-35(3)41-28-38(56)22-23-40(41)53(72)66(8)33-43(48)65-68/h14-16,19-20,22-23,27-28,31,34-35,39,42,44,49,59-60H,9-13,17-18,21,24-26,29,32-33H2,1-8H3,(H2,58,62)(H,61,69)(H,63,71)(H,64,70)/t34-,35+,39-,42+,44-,49?/m0/s1. The van der Waals surface area contributed by atoms with Gasteiger partial charge in [-0.15, -0.1) is 0 Å². The van der Waals surface area contributed by atoms with E-state index in [4.69, 9.17) is 15.6 Å². The molecule has 0 saturated carbocycles. The number of unbranched alkanes of at least 4 members (excludes halogenated alkanes) is 5. The van der Waals surface area contributed by atoms with E-state index in [0.29, 0.717) is 54.7 Å². The second-order valence-electron chi connectivity index (χ2n) is 20.6. The van der Waals surface area contributed by atoms with Crippen LogP contribution in [0.4, 0.5) is 10.2 Å². The van der Waals surface area contributed by atoms with Crippen LogP contribution < -0.4 is 37.1 Å². The topological polar surface area (TPSA) is 242 Å². The molecule has 2 aliphatic heterocycles. The largest absolute Gasteiger partial charge is 0.482 e. The number of carbonyl (C=O) groups excluding carboxylic acids is 5. The summed E-state index contributed by atoms with van der Waals surface area (Å²) in [5, 5.41) is 30.8.